The second-order valence-corrected chi connectivity index (χ2v) is 5.85. The molecule has 0 atom stereocenters. The van der Waals surface area contributed by atoms with E-state index in [1.165, 1.54) is 5.39 Å². The van der Waals surface area contributed by atoms with E-state index in [0.717, 1.165) is 48.3 Å². The average Bonchev–Trinajstić information content (AvgIpc) is 3.23. The molecule has 1 fully saturated rings. The Morgan fingerprint density at radius 3 is 2.41 bits per heavy atom. The Balaban J connectivity index is 1.62. The third-order valence-electron chi connectivity index (χ3n) is 4.37. The monoisotopic (exact) mass is 290 g/mol. The van der Waals surface area contributed by atoms with Crippen molar-refractivity contribution < 1.29 is 4.79 Å². The lowest BCUT2D eigenvalue weighted by atomic mass is 10.1. The molecule has 1 aliphatic heterocycles. The lowest BCUT2D eigenvalue weighted by Crippen LogP contribution is -2.27. The molecule has 1 N–H and O–H groups in total. The maximum atomic E-state index is 12.4. The molecule has 3 nitrogen and oxygen atoms in total. The van der Waals surface area contributed by atoms with E-state index in [2.05, 4.69) is 23.2 Å². The molecule has 1 saturated heterocycles. The van der Waals surface area contributed by atoms with E-state index in [4.69, 9.17) is 0 Å². The largest absolute Gasteiger partial charge is 0.355 e. The Labute approximate surface area is 129 Å². The first kappa shape index (κ1) is 13.1. The summed E-state index contributed by atoms with van der Waals surface area (Å²) in [6.45, 7) is 1.78. The number of carbonyl (C=O) groups is 1. The minimum absolute atomic E-state index is 0.153. The van der Waals surface area contributed by atoms with E-state index in [0.29, 0.717) is 0 Å². The van der Waals surface area contributed by atoms with E-state index >= 15 is 0 Å². The molecule has 22 heavy (non-hydrogen) atoms. The third-order valence-corrected chi connectivity index (χ3v) is 4.37. The Morgan fingerprint density at radius 2 is 1.68 bits per heavy atom. The zero-order valence-electron chi connectivity index (χ0n) is 12.4. The lowest BCUT2D eigenvalue weighted by Gasteiger charge is -2.15. The zero-order chi connectivity index (χ0) is 14.9. The van der Waals surface area contributed by atoms with Crippen LogP contribution in [0.5, 0.6) is 0 Å². The van der Waals surface area contributed by atoms with Crippen molar-refractivity contribution in [1.29, 1.82) is 0 Å². The number of nitrogens with zero attached hydrogens (tertiary/aromatic N) is 1. The van der Waals surface area contributed by atoms with E-state index in [1.54, 1.807) is 0 Å². The van der Waals surface area contributed by atoms with Gasteiger partial charge in [0, 0.05) is 35.2 Å². The number of para-hydroxylation sites is 1. The maximum Gasteiger partial charge on any atom is 0.253 e. The van der Waals surface area contributed by atoms with Gasteiger partial charge in [0.25, 0.3) is 5.91 Å². The van der Waals surface area contributed by atoms with Crippen LogP contribution in [-0.4, -0.2) is 28.9 Å². The van der Waals surface area contributed by atoms with Crippen molar-refractivity contribution in [2.24, 2.45) is 0 Å². The van der Waals surface area contributed by atoms with Gasteiger partial charge in [-0.25, -0.2) is 0 Å². The molecular weight excluding hydrogens is 272 g/mol. The second kappa shape index (κ2) is 5.34. The Hall–Kier alpha value is -2.55. The first-order valence-corrected chi connectivity index (χ1v) is 7.79. The fourth-order valence-electron chi connectivity index (χ4n) is 3.12. The Kier molecular flexibility index (Phi) is 3.19. The second-order valence-electron chi connectivity index (χ2n) is 5.85. The summed E-state index contributed by atoms with van der Waals surface area (Å²) in [5.74, 6) is 0.153. The molecule has 1 aromatic heterocycles. The number of carbonyl (C=O) groups excluding carboxylic acids is 1. The summed E-state index contributed by atoms with van der Waals surface area (Å²) in [6.07, 6.45) is 2.25. The molecule has 2 heterocycles. The van der Waals surface area contributed by atoms with Crippen molar-refractivity contribution in [2.45, 2.75) is 12.8 Å². The highest BCUT2D eigenvalue weighted by Crippen LogP contribution is 2.24. The molecule has 3 aromatic rings. The van der Waals surface area contributed by atoms with Gasteiger partial charge in [0.1, 0.15) is 0 Å². The van der Waals surface area contributed by atoms with Crippen molar-refractivity contribution in [3.8, 4) is 11.3 Å². The van der Waals surface area contributed by atoms with Crippen molar-refractivity contribution in [3.63, 3.8) is 0 Å². The standard InChI is InChI=1S/C19H18N2O/c22-19(21-11-3-4-12-21)15-9-7-14(8-10-15)18-13-16-5-1-2-6-17(16)20-18/h1-2,5-10,13,20H,3-4,11-12H2. The molecule has 1 aliphatic rings. The molecule has 0 radical (unpaired) electrons. The highest BCUT2D eigenvalue weighted by molar-refractivity contribution is 5.95. The van der Waals surface area contributed by atoms with E-state index in [-0.39, 0.29) is 5.91 Å². The number of benzene rings is 2. The molecular formula is C19H18N2O. The van der Waals surface area contributed by atoms with Crippen molar-refractivity contribution in [1.82, 2.24) is 9.88 Å². The van der Waals surface area contributed by atoms with Crippen LogP contribution in [0, 0.1) is 0 Å². The van der Waals surface area contributed by atoms with Gasteiger partial charge in [-0.3, -0.25) is 4.79 Å². The smallest absolute Gasteiger partial charge is 0.253 e. The summed E-state index contributed by atoms with van der Waals surface area (Å²) in [5.41, 5.74) is 4.10. The number of fused-ring (bicyclic) bond motifs is 1. The first-order chi connectivity index (χ1) is 10.8. The fourth-order valence-corrected chi connectivity index (χ4v) is 3.12. The van der Waals surface area contributed by atoms with Crippen LogP contribution < -0.4 is 0 Å². The molecule has 4 rings (SSSR count). The number of H-pyrrole nitrogens is 1. The third kappa shape index (κ3) is 2.29. The number of rotatable bonds is 2. The SMILES string of the molecule is O=C(c1ccc(-c2cc3ccccc3[nH]2)cc1)N1CCCC1. The van der Waals surface area contributed by atoms with Crippen molar-refractivity contribution in [2.75, 3.05) is 13.1 Å². The van der Waals surface area contributed by atoms with Gasteiger partial charge in [-0.2, -0.15) is 0 Å². The van der Waals surface area contributed by atoms with Crippen LogP contribution in [-0.2, 0) is 0 Å². The molecule has 2 aromatic carbocycles. The number of hydrogen-bond acceptors (Lipinski definition) is 1. The van der Waals surface area contributed by atoms with Crippen molar-refractivity contribution >= 4 is 16.8 Å². The predicted molar refractivity (Wildman–Crippen MR) is 88.9 cm³/mol. The lowest BCUT2D eigenvalue weighted by molar-refractivity contribution is 0.0793. The molecule has 0 saturated carbocycles. The van der Waals surface area contributed by atoms with E-state index < -0.39 is 0 Å². The summed E-state index contributed by atoms with van der Waals surface area (Å²) in [5, 5.41) is 1.20. The van der Waals surface area contributed by atoms with Crippen LogP contribution in [0.2, 0.25) is 0 Å². The topological polar surface area (TPSA) is 36.1 Å². The fraction of sp³-hybridized carbons (Fsp3) is 0.211. The molecule has 1 amide bonds. The van der Waals surface area contributed by atoms with Crippen molar-refractivity contribution in [3.05, 3.63) is 60.2 Å². The molecule has 0 spiro atoms. The van der Waals surface area contributed by atoms with Crippen LogP contribution in [0.1, 0.15) is 23.2 Å². The molecule has 0 bridgehead atoms. The van der Waals surface area contributed by atoms with Gasteiger partial charge in [-0.05, 0) is 42.7 Å². The minimum atomic E-state index is 0.153. The van der Waals surface area contributed by atoms with E-state index in [1.807, 2.05) is 41.3 Å². The average molecular weight is 290 g/mol. The summed E-state index contributed by atoms with van der Waals surface area (Å²) in [6, 6.07) is 18.3. The summed E-state index contributed by atoms with van der Waals surface area (Å²) in [4.78, 5) is 17.7. The van der Waals surface area contributed by atoms with Gasteiger partial charge >= 0.3 is 0 Å². The minimum Gasteiger partial charge on any atom is -0.355 e. The number of aromatic amines is 1. The van der Waals surface area contributed by atoms with Crippen LogP contribution in [0.25, 0.3) is 22.2 Å². The Morgan fingerprint density at radius 1 is 0.955 bits per heavy atom. The summed E-state index contributed by atoms with van der Waals surface area (Å²) >= 11 is 0. The number of hydrogen-bond donors (Lipinski definition) is 1. The Bertz CT molecular complexity index is 778. The van der Waals surface area contributed by atoms with Crippen LogP contribution in [0.4, 0.5) is 0 Å². The molecule has 0 aliphatic carbocycles. The highest BCUT2D eigenvalue weighted by Gasteiger charge is 2.19. The quantitative estimate of drug-likeness (QED) is 0.758. The van der Waals surface area contributed by atoms with Crippen LogP contribution in [0.15, 0.2) is 54.6 Å². The van der Waals surface area contributed by atoms with Crippen LogP contribution >= 0.6 is 0 Å². The zero-order valence-corrected chi connectivity index (χ0v) is 12.4. The van der Waals surface area contributed by atoms with Gasteiger partial charge in [-0.1, -0.05) is 30.3 Å². The number of amides is 1. The van der Waals surface area contributed by atoms with Crippen LogP contribution in [0.3, 0.4) is 0 Å². The van der Waals surface area contributed by atoms with Gasteiger partial charge in [0.2, 0.25) is 0 Å². The van der Waals surface area contributed by atoms with E-state index in [9.17, 15) is 4.79 Å². The number of nitrogens with one attached hydrogen (secondary N) is 1. The van der Waals surface area contributed by atoms with Gasteiger partial charge in [-0.15, -0.1) is 0 Å². The number of aromatic nitrogens is 1. The summed E-state index contributed by atoms with van der Waals surface area (Å²) in [7, 11) is 0. The maximum absolute atomic E-state index is 12.4. The number of likely N-dealkylation sites (tertiary alicyclic amines) is 1. The van der Waals surface area contributed by atoms with Gasteiger partial charge in [0.05, 0.1) is 0 Å². The molecule has 0 unspecified atom stereocenters. The molecule has 3 heteroatoms. The first-order valence-electron chi connectivity index (χ1n) is 7.79. The molecule has 110 valence electrons. The summed E-state index contributed by atoms with van der Waals surface area (Å²) < 4.78 is 0. The highest BCUT2D eigenvalue weighted by atomic mass is 16.2. The van der Waals surface area contributed by atoms with Gasteiger partial charge in [0.15, 0.2) is 0 Å². The van der Waals surface area contributed by atoms with Gasteiger partial charge < -0.3 is 9.88 Å². The predicted octanol–water partition coefficient (Wildman–Crippen LogP) is 4.07. The normalized spacial score (nSPS) is 14.6.